The summed E-state index contributed by atoms with van der Waals surface area (Å²) in [6, 6.07) is 0. The van der Waals surface area contributed by atoms with Crippen LogP contribution in [0.15, 0.2) is 17.4 Å². The summed E-state index contributed by atoms with van der Waals surface area (Å²) >= 11 is 10.1. The molecule has 0 aliphatic heterocycles. The number of rotatable bonds is 7. The Morgan fingerprint density at radius 3 is 1.44 bits per heavy atom. The molecule has 0 aliphatic rings. The number of thioether (sulfide) groups is 4. The molecule has 98 valence electrons. The van der Waals surface area contributed by atoms with Crippen molar-refractivity contribution in [2.75, 3.05) is 24.0 Å². The Labute approximate surface area is 131 Å². The van der Waals surface area contributed by atoms with Crippen molar-refractivity contribution in [2.45, 2.75) is 17.4 Å². The molecule has 0 saturated heterocycles. The number of hydrogen-bond donors (Lipinski definition) is 0. The second-order valence-corrected chi connectivity index (χ2v) is 9.52. The van der Waals surface area contributed by atoms with E-state index in [-0.39, 0.29) is 0 Å². The van der Waals surface area contributed by atoms with E-state index in [1.54, 1.807) is 69.7 Å². The third kappa shape index (κ3) is 4.57. The van der Waals surface area contributed by atoms with Crippen LogP contribution in [-0.4, -0.2) is 44.4 Å². The fraction of sp³-hybridized carbons (Fsp3) is 0.500. The zero-order valence-corrected chi connectivity index (χ0v) is 14.6. The van der Waals surface area contributed by atoms with Gasteiger partial charge in [-0.2, -0.15) is 0 Å². The maximum atomic E-state index is 4.12. The average molecular weight is 355 g/mol. The lowest BCUT2D eigenvalue weighted by Gasteiger charge is -1.94. The Morgan fingerprint density at radius 2 is 1.11 bits per heavy atom. The van der Waals surface area contributed by atoms with Gasteiger partial charge in [-0.15, -0.1) is 20.4 Å². The third-order valence-electron chi connectivity index (χ3n) is 1.66. The van der Waals surface area contributed by atoms with E-state index in [9.17, 15) is 0 Å². The molecule has 0 fully saturated rings. The molecule has 0 spiro atoms. The van der Waals surface area contributed by atoms with E-state index < -0.39 is 0 Å². The number of hydrogen-bond acceptors (Lipinski definition) is 10. The first-order chi connectivity index (χ1) is 8.81. The monoisotopic (exact) mass is 354 g/mol. The molecule has 2 rings (SSSR count). The highest BCUT2D eigenvalue weighted by molar-refractivity contribution is 8.05. The summed E-state index contributed by atoms with van der Waals surface area (Å²) in [5.74, 6) is 2.03. The molecular formula is C8H10N4S6. The number of nitrogens with zero attached hydrogens (tertiary/aromatic N) is 4. The van der Waals surface area contributed by atoms with Gasteiger partial charge >= 0.3 is 0 Å². The van der Waals surface area contributed by atoms with Crippen LogP contribution < -0.4 is 0 Å². The highest BCUT2D eigenvalue weighted by Gasteiger charge is 2.06. The van der Waals surface area contributed by atoms with Crippen LogP contribution in [-0.2, 0) is 0 Å². The van der Waals surface area contributed by atoms with Crippen LogP contribution in [0.1, 0.15) is 0 Å². The Balaban J connectivity index is 1.69. The standard InChI is InChI=1S/C8H10N4S6/c1-13-5-9-11-7(17-5)15-3-4-16-8-12-10-6(14-2)18-8/h3-4H2,1-2H3. The lowest BCUT2D eigenvalue weighted by molar-refractivity contribution is 0.954. The predicted octanol–water partition coefficient (Wildman–Crippen LogP) is 3.72. The summed E-state index contributed by atoms with van der Waals surface area (Å²) in [5, 5.41) is 16.4. The molecule has 0 atom stereocenters. The normalized spacial score (nSPS) is 11.0. The summed E-state index contributed by atoms with van der Waals surface area (Å²) in [7, 11) is 0. The van der Waals surface area contributed by atoms with Gasteiger partial charge in [-0.25, -0.2) is 0 Å². The van der Waals surface area contributed by atoms with Gasteiger partial charge in [0.2, 0.25) is 0 Å². The molecule has 0 radical (unpaired) electrons. The average Bonchev–Trinajstić information content (AvgIpc) is 3.03. The Hall–Kier alpha value is 0.520. The summed E-state index contributed by atoms with van der Waals surface area (Å²) in [6.07, 6.45) is 4.03. The van der Waals surface area contributed by atoms with E-state index in [4.69, 9.17) is 0 Å². The van der Waals surface area contributed by atoms with Gasteiger partial charge in [0, 0.05) is 11.5 Å². The van der Waals surface area contributed by atoms with E-state index in [1.165, 1.54) is 0 Å². The van der Waals surface area contributed by atoms with Crippen molar-refractivity contribution in [3.05, 3.63) is 0 Å². The van der Waals surface area contributed by atoms with Gasteiger partial charge < -0.3 is 0 Å². The van der Waals surface area contributed by atoms with E-state index in [2.05, 4.69) is 20.4 Å². The summed E-state index contributed by atoms with van der Waals surface area (Å²) in [6.45, 7) is 0. The van der Waals surface area contributed by atoms with Crippen LogP contribution in [0, 0.1) is 0 Å². The molecule has 18 heavy (non-hydrogen) atoms. The van der Waals surface area contributed by atoms with Gasteiger partial charge in [0.25, 0.3) is 0 Å². The first-order valence-electron chi connectivity index (χ1n) is 4.82. The molecule has 4 nitrogen and oxygen atoms in total. The second-order valence-electron chi connectivity index (χ2n) is 2.77. The maximum Gasteiger partial charge on any atom is 0.175 e. The quantitative estimate of drug-likeness (QED) is 0.551. The molecule has 0 N–H and O–H groups in total. The Kier molecular flexibility index (Phi) is 6.59. The van der Waals surface area contributed by atoms with E-state index >= 15 is 0 Å². The minimum Gasteiger partial charge on any atom is -0.131 e. The van der Waals surface area contributed by atoms with Gasteiger partial charge in [-0.1, -0.05) is 69.7 Å². The van der Waals surface area contributed by atoms with Gasteiger partial charge in [0.05, 0.1) is 0 Å². The summed E-state index contributed by atoms with van der Waals surface area (Å²) < 4.78 is 4.14. The van der Waals surface area contributed by atoms with E-state index in [0.29, 0.717) is 0 Å². The molecule has 2 aromatic heterocycles. The zero-order chi connectivity index (χ0) is 12.8. The maximum absolute atomic E-state index is 4.12. The molecule has 2 aromatic rings. The van der Waals surface area contributed by atoms with Crippen LogP contribution in [0.25, 0.3) is 0 Å². The topological polar surface area (TPSA) is 51.6 Å². The van der Waals surface area contributed by atoms with Crippen molar-refractivity contribution in [1.29, 1.82) is 0 Å². The molecule has 0 aromatic carbocycles. The van der Waals surface area contributed by atoms with Crippen LogP contribution in [0.5, 0.6) is 0 Å². The SMILES string of the molecule is CSc1nnc(SCCSc2nnc(SC)s2)s1. The predicted molar refractivity (Wildman–Crippen MR) is 84.8 cm³/mol. The van der Waals surface area contributed by atoms with Crippen molar-refractivity contribution in [2.24, 2.45) is 0 Å². The van der Waals surface area contributed by atoms with E-state index in [0.717, 1.165) is 28.9 Å². The molecular weight excluding hydrogens is 345 g/mol. The molecule has 0 unspecified atom stereocenters. The van der Waals surface area contributed by atoms with E-state index in [1.807, 2.05) is 12.5 Å². The minimum absolute atomic E-state index is 1.02. The van der Waals surface area contributed by atoms with Gasteiger partial charge in [0.15, 0.2) is 17.4 Å². The largest absolute Gasteiger partial charge is 0.175 e. The molecule has 0 aliphatic carbocycles. The van der Waals surface area contributed by atoms with Gasteiger partial charge in [-0.3, -0.25) is 0 Å². The third-order valence-corrected chi connectivity index (χ3v) is 7.99. The van der Waals surface area contributed by atoms with Crippen LogP contribution in [0.3, 0.4) is 0 Å². The fourth-order valence-electron chi connectivity index (χ4n) is 0.934. The summed E-state index contributed by atoms with van der Waals surface area (Å²) in [4.78, 5) is 0. The molecule has 0 saturated carbocycles. The van der Waals surface area contributed by atoms with Crippen molar-refractivity contribution >= 4 is 69.7 Å². The Bertz CT molecular complexity index is 439. The van der Waals surface area contributed by atoms with Crippen LogP contribution in [0.2, 0.25) is 0 Å². The minimum atomic E-state index is 1.02. The van der Waals surface area contributed by atoms with Crippen molar-refractivity contribution < 1.29 is 0 Å². The molecule has 2 heterocycles. The van der Waals surface area contributed by atoms with Gasteiger partial charge in [0.1, 0.15) is 0 Å². The molecule has 0 amide bonds. The van der Waals surface area contributed by atoms with Crippen molar-refractivity contribution in [3.63, 3.8) is 0 Å². The van der Waals surface area contributed by atoms with Crippen molar-refractivity contribution in [1.82, 2.24) is 20.4 Å². The fourth-order valence-corrected chi connectivity index (χ4v) is 5.92. The summed E-state index contributed by atoms with van der Waals surface area (Å²) in [5.41, 5.74) is 0. The smallest absolute Gasteiger partial charge is 0.131 e. The first kappa shape index (κ1) is 14.9. The molecule has 10 heteroatoms. The Morgan fingerprint density at radius 1 is 0.722 bits per heavy atom. The molecule has 0 bridgehead atoms. The highest BCUT2D eigenvalue weighted by atomic mass is 32.2. The highest BCUT2D eigenvalue weighted by Crippen LogP contribution is 2.30. The van der Waals surface area contributed by atoms with Gasteiger partial charge in [-0.05, 0) is 12.5 Å². The lowest BCUT2D eigenvalue weighted by Crippen LogP contribution is -1.83. The lowest BCUT2D eigenvalue weighted by atomic mass is 11.0. The second kappa shape index (κ2) is 7.95. The van der Waals surface area contributed by atoms with Crippen molar-refractivity contribution in [3.8, 4) is 0 Å². The first-order valence-corrected chi connectivity index (χ1v) is 10.9. The van der Waals surface area contributed by atoms with Crippen LogP contribution >= 0.6 is 69.7 Å². The zero-order valence-electron chi connectivity index (χ0n) is 9.65. The number of aromatic nitrogens is 4. The van der Waals surface area contributed by atoms with Crippen LogP contribution in [0.4, 0.5) is 0 Å².